The third kappa shape index (κ3) is 3.97. The first-order valence-corrected chi connectivity index (χ1v) is 6.51. The van der Waals surface area contributed by atoms with Crippen LogP contribution in [0.15, 0.2) is 42.5 Å². The molecular formula is C15H13ClN2O3. The van der Waals surface area contributed by atoms with Crippen LogP contribution in [0.2, 0.25) is 5.02 Å². The van der Waals surface area contributed by atoms with E-state index >= 15 is 0 Å². The fourth-order valence-electron chi connectivity index (χ4n) is 1.61. The van der Waals surface area contributed by atoms with Crippen LogP contribution in [0.5, 0.6) is 5.75 Å². The molecule has 0 saturated carbocycles. The van der Waals surface area contributed by atoms with Gasteiger partial charge >= 0.3 is 11.8 Å². The van der Waals surface area contributed by atoms with Gasteiger partial charge in [-0.2, -0.15) is 0 Å². The van der Waals surface area contributed by atoms with Gasteiger partial charge in [0.1, 0.15) is 5.75 Å². The van der Waals surface area contributed by atoms with Crippen LogP contribution < -0.4 is 10.6 Å². The molecule has 2 amide bonds. The van der Waals surface area contributed by atoms with E-state index in [-0.39, 0.29) is 11.4 Å². The average Bonchev–Trinajstić information content (AvgIpc) is 2.45. The zero-order chi connectivity index (χ0) is 15.4. The van der Waals surface area contributed by atoms with Crippen molar-refractivity contribution < 1.29 is 14.7 Å². The standard InChI is InChI=1S/C15H13ClN2O3/c1-9-2-5-11(6-3-9)17-14(20)15(21)18-12-8-10(16)4-7-13(12)19/h2-8,19H,1H3,(H,17,20)(H,18,21). The van der Waals surface area contributed by atoms with Crippen LogP contribution in [0.4, 0.5) is 11.4 Å². The molecule has 0 spiro atoms. The molecule has 0 aliphatic heterocycles. The lowest BCUT2D eigenvalue weighted by atomic mass is 10.2. The third-order valence-electron chi connectivity index (χ3n) is 2.72. The van der Waals surface area contributed by atoms with E-state index in [9.17, 15) is 14.7 Å². The summed E-state index contributed by atoms with van der Waals surface area (Å²) in [5, 5.41) is 14.7. The first-order chi connectivity index (χ1) is 9.95. The van der Waals surface area contributed by atoms with Gasteiger partial charge in [0, 0.05) is 10.7 Å². The monoisotopic (exact) mass is 304 g/mol. The molecule has 2 aromatic rings. The first-order valence-electron chi connectivity index (χ1n) is 6.13. The molecule has 0 fully saturated rings. The van der Waals surface area contributed by atoms with Crippen molar-refractivity contribution in [3.63, 3.8) is 0 Å². The zero-order valence-corrected chi connectivity index (χ0v) is 11.9. The molecule has 3 N–H and O–H groups in total. The van der Waals surface area contributed by atoms with Crippen LogP contribution in [-0.4, -0.2) is 16.9 Å². The minimum Gasteiger partial charge on any atom is -0.506 e. The summed E-state index contributed by atoms with van der Waals surface area (Å²) in [5.74, 6) is -1.90. The van der Waals surface area contributed by atoms with Crippen LogP contribution in [0.1, 0.15) is 5.56 Å². The van der Waals surface area contributed by atoms with Crippen molar-refractivity contribution in [1.29, 1.82) is 0 Å². The molecule has 5 nitrogen and oxygen atoms in total. The number of nitrogens with one attached hydrogen (secondary N) is 2. The lowest BCUT2D eigenvalue weighted by Gasteiger charge is -2.08. The van der Waals surface area contributed by atoms with Gasteiger partial charge in [0.05, 0.1) is 5.69 Å². The molecule has 21 heavy (non-hydrogen) atoms. The lowest BCUT2D eigenvalue weighted by Crippen LogP contribution is -2.29. The van der Waals surface area contributed by atoms with Gasteiger partial charge in [-0.05, 0) is 37.3 Å². The summed E-state index contributed by atoms with van der Waals surface area (Å²) in [6.45, 7) is 1.92. The van der Waals surface area contributed by atoms with Crippen molar-refractivity contribution in [2.45, 2.75) is 6.92 Å². The number of halogens is 1. The summed E-state index contributed by atoms with van der Waals surface area (Å²) < 4.78 is 0. The van der Waals surface area contributed by atoms with Gasteiger partial charge in [0.15, 0.2) is 0 Å². The predicted octanol–water partition coefficient (Wildman–Crippen LogP) is 2.93. The molecule has 0 atom stereocenters. The van der Waals surface area contributed by atoms with Crippen LogP contribution >= 0.6 is 11.6 Å². The number of carbonyl (C=O) groups excluding carboxylic acids is 2. The Morgan fingerprint density at radius 1 is 1.00 bits per heavy atom. The molecule has 2 rings (SSSR count). The Kier molecular flexibility index (Phi) is 4.45. The van der Waals surface area contributed by atoms with Gasteiger partial charge in [-0.25, -0.2) is 0 Å². The fourth-order valence-corrected chi connectivity index (χ4v) is 1.78. The van der Waals surface area contributed by atoms with Gasteiger partial charge in [0.2, 0.25) is 0 Å². The molecule has 0 saturated heterocycles. The highest BCUT2D eigenvalue weighted by molar-refractivity contribution is 6.44. The van der Waals surface area contributed by atoms with E-state index in [1.54, 1.807) is 12.1 Å². The van der Waals surface area contributed by atoms with Gasteiger partial charge in [-0.15, -0.1) is 0 Å². The summed E-state index contributed by atoms with van der Waals surface area (Å²) in [6.07, 6.45) is 0. The Morgan fingerprint density at radius 3 is 2.29 bits per heavy atom. The SMILES string of the molecule is Cc1ccc(NC(=O)C(=O)Nc2cc(Cl)ccc2O)cc1. The number of hydrogen-bond donors (Lipinski definition) is 3. The Bertz CT molecular complexity index is 684. The minimum absolute atomic E-state index is 0.0755. The molecule has 2 aromatic carbocycles. The normalized spacial score (nSPS) is 10.0. The molecule has 0 aliphatic carbocycles. The average molecular weight is 305 g/mol. The molecule has 0 heterocycles. The van der Waals surface area contributed by atoms with Crippen LogP contribution in [-0.2, 0) is 9.59 Å². The summed E-state index contributed by atoms with van der Waals surface area (Å²) in [5.41, 5.74) is 1.63. The minimum atomic E-state index is -0.895. The Balaban J connectivity index is 2.04. The number of aryl methyl sites for hydroxylation is 1. The number of phenolic OH excluding ortho intramolecular Hbond substituents is 1. The Labute approximate surface area is 126 Å². The molecule has 0 aliphatic rings. The Hall–Kier alpha value is -2.53. The van der Waals surface area contributed by atoms with Gasteiger partial charge in [-0.3, -0.25) is 9.59 Å². The van der Waals surface area contributed by atoms with E-state index < -0.39 is 11.8 Å². The smallest absolute Gasteiger partial charge is 0.314 e. The number of rotatable bonds is 2. The van der Waals surface area contributed by atoms with Crippen LogP contribution in [0, 0.1) is 6.92 Å². The van der Waals surface area contributed by atoms with E-state index in [1.807, 2.05) is 19.1 Å². The fraction of sp³-hybridized carbons (Fsp3) is 0.0667. The number of anilines is 2. The molecule has 0 unspecified atom stereocenters. The van der Waals surface area contributed by atoms with Crippen molar-refractivity contribution in [1.82, 2.24) is 0 Å². The van der Waals surface area contributed by atoms with Gasteiger partial charge in [-0.1, -0.05) is 29.3 Å². The summed E-state index contributed by atoms with van der Waals surface area (Å²) in [6, 6.07) is 11.2. The summed E-state index contributed by atoms with van der Waals surface area (Å²) in [4.78, 5) is 23.5. The second-order valence-electron chi connectivity index (χ2n) is 4.44. The highest BCUT2D eigenvalue weighted by Crippen LogP contribution is 2.26. The molecule has 0 aromatic heterocycles. The molecule has 0 radical (unpaired) electrons. The van der Waals surface area contributed by atoms with Crippen molar-refractivity contribution in [2.24, 2.45) is 0 Å². The topological polar surface area (TPSA) is 78.4 Å². The highest BCUT2D eigenvalue weighted by atomic mass is 35.5. The molecule has 108 valence electrons. The largest absolute Gasteiger partial charge is 0.506 e. The quantitative estimate of drug-likeness (QED) is 0.589. The van der Waals surface area contributed by atoms with Gasteiger partial charge < -0.3 is 15.7 Å². The Morgan fingerprint density at radius 2 is 1.62 bits per heavy atom. The molecule has 6 heteroatoms. The first kappa shape index (κ1) is 14.9. The number of hydrogen-bond acceptors (Lipinski definition) is 3. The van der Waals surface area contributed by atoms with Crippen molar-refractivity contribution in [3.8, 4) is 5.75 Å². The van der Waals surface area contributed by atoms with E-state index in [0.717, 1.165) is 5.56 Å². The summed E-state index contributed by atoms with van der Waals surface area (Å²) in [7, 11) is 0. The van der Waals surface area contributed by atoms with E-state index in [2.05, 4.69) is 10.6 Å². The molecular weight excluding hydrogens is 292 g/mol. The third-order valence-corrected chi connectivity index (χ3v) is 2.96. The van der Waals surface area contributed by atoms with E-state index in [1.165, 1.54) is 18.2 Å². The van der Waals surface area contributed by atoms with E-state index in [0.29, 0.717) is 10.7 Å². The maximum atomic E-state index is 11.8. The number of phenols is 1. The second kappa shape index (κ2) is 6.28. The van der Waals surface area contributed by atoms with Crippen molar-refractivity contribution >= 4 is 34.8 Å². The van der Waals surface area contributed by atoms with E-state index in [4.69, 9.17) is 11.6 Å². The maximum Gasteiger partial charge on any atom is 0.314 e. The van der Waals surface area contributed by atoms with Crippen LogP contribution in [0.25, 0.3) is 0 Å². The van der Waals surface area contributed by atoms with Crippen LogP contribution in [0.3, 0.4) is 0 Å². The zero-order valence-electron chi connectivity index (χ0n) is 11.2. The highest BCUT2D eigenvalue weighted by Gasteiger charge is 2.15. The second-order valence-corrected chi connectivity index (χ2v) is 4.87. The number of carbonyl (C=O) groups is 2. The predicted molar refractivity (Wildman–Crippen MR) is 81.6 cm³/mol. The number of aromatic hydroxyl groups is 1. The lowest BCUT2D eigenvalue weighted by molar-refractivity contribution is -0.133. The van der Waals surface area contributed by atoms with Gasteiger partial charge in [0.25, 0.3) is 0 Å². The number of amides is 2. The van der Waals surface area contributed by atoms with Crippen molar-refractivity contribution in [3.05, 3.63) is 53.1 Å². The molecule has 0 bridgehead atoms. The summed E-state index contributed by atoms with van der Waals surface area (Å²) >= 11 is 5.76. The maximum absolute atomic E-state index is 11.8. The number of benzene rings is 2. The van der Waals surface area contributed by atoms with Crippen molar-refractivity contribution in [2.75, 3.05) is 10.6 Å².